The van der Waals surface area contributed by atoms with Gasteiger partial charge in [0.2, 0.25) is 10.0 Å². The van der Waals surface area contributed by atoms with Crippen LogP contribution < -0.4 is 5.32 Å². The predicted octanol–water partition coefficient (Wildman–Crippen LogP) is 4.52. The molecular formula is C26H33N3O4S. The largest absolute Gasteiger partial charge is 0.339 e. The number of nitrogens with one attached hydrogen (secondary N) is 1. The molecule has 2 aromatic carbocycles. The van der Waals surface area contributed by atoms with Gasteiger partial charge in [0.05, 0.1) is 4.90 Å². The molecule has 0 spiro atoms. The SMILES string of the molecule is CN(C1CCCCC1)S(=O)(=O)c1cccc(C(=O)Nc2cccc(C(=O)N3CCCCC3)c2)c1. The number of hydrogen-bond acceptors (Lipinski definition) is 4. The quantitative estimate of drug-likeness (QED) is 0.655. The van der Waals surface area contributed by atoms with Gasteiger partial charge in [-0.2, -0.15) is 4.31 Å². The molecule has 1 aliphatic heterocycles. The summed E-state index contributed by atoms with van der Waals surface area (Å²) in [4.78, 5) is 27.7. The van der Waals surface area contributed by atoms with Crippen LogP contribution in [0.3, 0.4) is 0 Å². The minimum absolute atomic E-state index is 0.00332. The third kappa shape index (κ3) is 5.50. The van der Waals surface area contributed by atoms with Crippen LogP contribution in [0.1, 0.15) is 72.1 Å². The number of carbonyl (C=O) groups is 2. The molecule has 1 heterocycles. The fourth-order valence-electron chi connectivity index (χ4n) is 4.82. The third-order valence-corrected chi connectivity index (χ3v) is 8.78. The van der Waals surface area contributed by atoms with E-state index in [0.717, 1.165) is 64.5 Å². The monoisotopic (exact) mass is 483 g/mol. The van der Waals surface area contributed by atoms with Gasteiger partial charge >= 0.3 is 0 Å². The second-order valence-electron chi connectivity index (χ2n) is 9.23. The molecule has 2 fully saturated rings. The molecule has 7 nitrogen and oxygen atoms in total. The zero-order chi connectivity index (χ0) is 24.1. The van der Waals surface area contributed by atoms with Gasteiger partial charge in [-0.25, -0.2) is 8.42 Å². The summed E-state index contributed by atoms with van der Waals surface area (Å²) in [5, 5.41) is 2.81. The zero-order valence-corrected chi connectivity index (χ0v) is 20.5. The molecule has 2 amide bonds. The summed E-state index contributed by atoms with van der Waals surface area (Å²) >= 11 is 0. The Kier molecular flexibility index (Phi) is 7.68. The van der Waals surface area contributed by atoms with Crippen LogP contribution in [-0.2, 0) is 10.0 Å². The summed E-state index contributed by atoms with van der Waals surface area (Å²) in [6.45, 7) is 1.51. The third-order valence-electron chi connectivity index (χ3n) is 6.87. The number of anilines is 1. The zero-order valence-electron chi connectivity index (χ0n) is 19.7. The van der Waals surface area contributed by atoms with Gasteiger partial charge in [0.15, 0.2) is 0 Å². The van der Waals surface area contributed by atoms with Crippen molar-refractivity contribution in [3.8, 4) is 0 Å². The Morgan fingerprint density at radius 1 is 0.882 bits per heavy atom. The van der Waals surface area contributed by atoms with E-state index in [-0.39, 0.29) is 22.4 Å². The van der Waals surface area contributed by atoms with Gasteiger partial charge in [-0.3, -0.25) is 9.59 Å². The van der Waals surface area contributed by atoms with Crippen molar-refractivity contribution < 1.29 is 18.0 Å². The average Bonchev–Trinajstić information content (AvgIpc) is 2.89. The molecule has 2 aliphatic rings. The van der Waals surface area contributed by atoms with Crippen molar-refractivity contribution in [3.63, 3.8) is 0 Å². The Bertz CT molecular complexity index is 1140. The number of rotatable bonds is 6. The van der Waals surface area contributed by atoms with Crippen LogP contribution >= 0.6 is 0 Å². The highest BCUT2D eigenvalue weighted by Gasteiger charge is 2.29. The number of nitrogens with zero attached hydrogens (tertiary/aromatic N) is 2. The Balaban J connectivity index is 1.48. The van der Waals surface area contributed by atoms with Gasteiger partial charge in [0.1, 0.15) is 0 Å². The van der Waals surface area contributed by atoms with Crippen molar-refractivity contribution in [3.05, 3.63) is 59.7 Å². The van der Waals surface area contributed by atoms with Crippen LogP contribution in [-0.4, -0.2) is 55.6 Å². The Labute approximate surface area is 202 Å². The van der Waals surface area contributed by atoms with Crippen molar-refractivity contribution in [2.75, 3.05) is 25.5 Å². The van der Waals surface area contributed by atoms with E-state index in [0.29, 0.717) is 11.3 Å². The summed E-state index contributed by atoms with van der Waals surface area (Å²) < 4.78 is 27.8. The standard InChI is InChI=1S/C26H33N3O4S/c1-28(23-13-4-2-5-14-23)34(32,33)24-15-9-10-20(19-24)25(30)27-22-12-8-11-21(18-22)26(31)29-16-6-3-7-17-29/h8-12,15,18-19,23H,2-7,13-14,16-17H2,1H3,(H,27,30). The lowest BCUT2D eigenvalue weighted by atomic mass is 9.96. The fourth-order valence-corrected chi connectivity index (χ4v) is 6.28. The minimum atomic E-state index is -3.69. The smallest absolute Gasteiger partial charge is 0.255 e. The first-order chi connectivity index (χ1) is 16.4. The highest BCUT2D eigenvalue weighted by atomic mass is 32.2. The molecule has 1 aliphatic carbocycles. The lowest BCUT2D eigenvalue weighted by molar-refractivity contribution is 0.0724. The number of carbonyl (C=O) groups excluding carboxylic acids is 2. The molecule has 0 atom stereocenters. The topological polar surface area (TPSA) is 86.8 Å². The molecule has 0 unspecified atom stereocenters. The van der Waals surface area contributed by atoms with Crippen LogP contribution in [0.5, 0.6) is 0 Å². The normalized spacial score (nSPS) is 17.5. The number of likely N-dealkylation sites (tertiary alicyclic amines) is 1. The lowest BCUT2D eigenvalue weighted by Gasteiger charge is -2.30. The molecule has 0 radical (unpaired) electrons. The van der Waals surface area contributed by atoms with Crippen LogP contribution in [0.4, 0.5) is 5.69 Å². The van der Waals surface area contributed by atoms with Gasteiger partial charge in [-0.15, -0.1) is 0 Å². The van der Waals surface area contributed by atoms with E-state index >= 15 is 0 Å². The molecule has 34 heavy (non-hydrogen) atoms. The van der Waals surface area contributed by atoms with Crippen molar-refractivity contribution in [1.82, 2.24) is 9.21 Å². The fraction of sp³-hybridized carbons (Fsp3) is 0.462. The molecule has 1 saturated carbocycles. The predicted molar refractivity (Wildman–Crippen MR) is 132 cm³/mol. The molecule has 4 rings (SSSR count). The summed E-state index contributed by atoms with van der Waals surface area (Å²) in [5.41, 5.74) is 1.29. The van der Waals surface area contributed by atoms with Gasteiger partial charge < -0.3 is 10.2 Å². The maximum absolute atomic E-state index is 13.2. The summed E-state index contributed by atoms with van der Waals surface area (Å²) in [6.07, 6.45) is 8.11. The Morgan fingerprint density at radius 2 is 1.53 bits per heavy atom. The maximum atomic E-state index is 13.2. The van der Waals surface area contributed by atoms with E-state index in [1.807, 2.05) is 4.90 Å². The van der Waals surface area contributed by atoms with Gasteiger partial charge in [-0.1, -0.05) is 31.4 Å². The van der Waals surface area contributed by atoms with Crippen molar-refractivity contribution in [2.45, 2.75) is 62.3 Å². The Morgan fingerprint density at radius 3 is 2.26 bits per heavy atom. The van der Waals surface area contributed by atoms with Crippen molar-refractivity contribution >= 4 is 27.5 Å². The van der Waals surface area contributed by atoms with Crippen LogP contribution in [0.25, 0.3) is 0 Å². The van der Waals surface area contributed by atoms with Crippen LogP contribution in [0.15, 0.2) is 53.4 Å². The minimum Gasteiger partial charge on any atom is -0.339 e. The van der Waals surface area contributed by atoms with Crippen molar-refractivity contribution in [2.24, 2.45) is 0 Å². The number of hydrogen-bond donors (Lipinski definition) is 1. The second-order valence-corrected chi connectivity index (χ2v) is 11.2. The number of benzene rings is 2. The van der Waals surface area contributed by atoms with E-state index in [2.05, 4.69) is 5.32 Å². The molecule has 8 heteroatoms. The number of amides is 2. The number of sulfonamides is 1. The van der Waals surface area contributed by atoms with E-state index in [1.54, 1.807) is 43.4 Å². The highest BCUT2D eigenvalue weighted by molar-refractivity contribution is 7.89. The van der Waals surface area contributed by atoms with Crippen LogP contribution in [0, 0.1) is 0 Å². The average molecular weight is 484 g/mol. The molecule has 1 N–H and O–H groups in total. The molecular weight excluding hydrogens is 450 g/mol. The molecule has 0 bridgehead atoms. The maximum Gasteiger partial charge on any atom is 0.255 e. The molecule has 1 saturated heterocycles. The summed E-state index contributed by atoms with van der Waals surface area (Å²) in [7, 11) is -2.07. The van der Waals surface area contributed by atoms with E-state index in [4.69, 9.17) is 0 Å². The molecule has 182 valence electrons. The highest BCUT2D eigenvalue weighted by Crippen LogP contribution is 2.27. The summed E-state index contributed by atoms with van der Waals surface area (Å²) in [5.74, 6) is -0.449. The number of piperidine rings is 1. The second kappa shape index (κ2) is 10.7. The van der Waals surface area contributed by atoms with Crippen LogP contribution in [0.2, 0.25) is 0 Å². The molecule has 2 aromatic rings. The Hall–Kier alpha value is -2.71. The summed E-state index contributed by atoms with van der Waals surface area (Å²) in [6, 6.07) is 13.0. The first-order valence-corrected chi connectivity index (χ1v) is 13.6. The lowest BCUT2D eigenvalue weighted by Crippen LogP contribution is -2.38. The van der Waals surface area contributed by atoms with Crippen molar-refractivity contribution in [1.29, 1.82) is 0 Å². The molecule has 0 aromatic heterocycles. The van der Waals surface area contributed by atoms with Gasteiger partial charge in [-0.05, 0) is 68.5 Å². The van der Waals surface area contributed by atoms with Gasteiger partial charge in [0, 0.05) is 43.0 Å². The first kappa shape index (κ1) is 24.4. The van der Waals surface area contributed by atoms with Gasteiger partial charge in [0.25, 0.3) is 11.8 Å². The first-order valence-electron chi connectivity index (χ1n) is 12.1. The van der Waals surface area contributed by atoms with E-state index in [1.165, 1.54) is 16.4 Å². The van der Waals surface area contributed by atoms with E-state index in [9.17, 15) is 18.0 Å². The van der Waals surface area contributed by atoms with E-state index < -0.39 is 15.9 Å².